The molecule has 2 aromatic heterocycles. The van der Waals surface area contributed by atoms with Crippen LogP contribution in [0.15, 0.2) is 48.7 Å². The van der Waals surface area contributed by atoms with Crippen LogP contribution in [0.2, 0.25) is 10.0 Å². The molecule has 2 N–H and O–H groups in total. The summed E-state index contributed by atoms with van der Waals surface area (Å²) in [6, 6.07) is 12.9. The van der Waals surface area contributed by atoms with Gasteiger partial charge in [-0.05, 0) is 31.2 Å². The van der Waals surface area contributed by atoms with E-state index in [4.69, 9.17) is 23.2 Å². The second-order valence-corrected chi connectivity index (χ2v) is 5.72. The van der Waals surface area contributed by atoms with Crippen LogP contribution in [0.4, 0.5) is 17.5 Å². The molecule has 0 aliphatic heterocycles. The molecular weight excluding hydrogens is 345 g/mol. The lowest BCUT2D eigenvalue weighted by Crippen LogP contribution is -2.05. The van der Waals surface area contributed by atoms with Gasteiger partial charge in [0.05, 0.1) is 27.1 Å². The molecule has 0 atom stereocenters. The molecule has 0 amide bonds. The van der Waals surface area contributed by atoms with E-state index in [0.717, 1.165) is 5.69 Å². The van der Waals surface area contributed by atoms with Crippen molar-refractivity contribution in [3.05, 3.63) is 58.7 Å². The molecule has 0 fully saturated rings. The molecule has 0 saturated heterocycles. The molecule has 0 unspecified atom stereocenters. The largest absolute Gasteiger partial charge is 0.354 e. The van der Waals surface area contributed by atoms with Crippen molar-refractivity contribution in [1.82, 2.24) is 15.0 Å². The van der Waals surface area contributed by atoms with Crippen LogP contribution < -0.4 is 10.6 Å². The van der Waals surface area contributed by atoms with Crippen molar-refractivity contribution in [2.24, 2.45) is 0 Å². The lowest BCUT2D eigenvalue weighted by Gasteiger charge is -2.12. The quantitative estimate of drug-likeness (QED) is 0.669. The van der Waals surface area contributed by atoms with E-state index in [1.54, 1.807) is 12.3 Å². The molecule has 5 nitrogen and oxygen atoms in total. The van der Waals surface area contributed by atoms with Gasteiger partial charge in [0.1, 0.15) is 5.82 Å². The standard InChI is InChI=1S/C17H15Cl2N5/c1-2-20-17-23-14(12-7-3-4-9-21-12)10-15(24-17)22-13-8-5-6-11(18)16(13)19/h3-10H,2H2,1H3,(H2,20,22,23,24). The third-order valence-corrected chi connectivity index (χ3v) is 4.02. The number of aromatic nitrogens is 3. The maximum Gasteiger partial charge on any atom is 0.225 e. The molecule has 0 bridgehead atoms. The van der Waals surface area contributed by atoms with Crippen molar-refractivity contribution in [2.75, 3.05) is 17.2 Å². The summed E-state index contributed by atoms with van der Waals surface area (Å²) in [6.07, 6.45) is 1.73. The molecule has 0 aliphatic carbocycles. The second-order valence-electron chi connectivity index (χ2n) is 4.93. The topological polar surface area (TPSA) is 62.7 Å². The molecule has 0 aliphatic rings. The van der Waals surface area contributed by atoms with E-state index >= 15 is 0 Å². The van der Waals surface area contributed by atoms with Gasteiger partial charge in [0.25, 0.3) is 0 Å². The fourth-order valence-electron chi connectivity index (χ4n) is 2.13. The van der Waals surface area contributed by atoms with E-state index in [9.17, 15) is 0 Å². The Morgan fingerprint density at radius 2 is 1.88 bits per heavy atom. The first-order valence-electron chi connectivity index (χ1n) is 7.42. The summed E-state index contributed by atoms with van der Waals surface area (Å²) in [5.74, 6) is 1.12. The van der Waals surface area contributed by atoms with E-state index in [2.05, 4.69) is 25.6 Å². The van der Waals surface area contributed by atoms with E-state index in [1.807, 2.05) is 43.3 Å². The predicted molar refractivity (Wildman–Crippen MR) is 99.2 cm³/mol. The molecule has 3 rings (SSSR count). The van der Waals surface area contributed by atoms with Crippen molar-refractivity contribution in [1.29, 1.82) is 0 Å². The van der Waals surface area contributed by atoms with Crippen LogP contribution in [0.25, 0.3) is 11.4 Å². The number of benzene rings is 1. The summed E-state index contributed by atoms with van der Waals surface area (Å²) >= 11 is 12.3. The van der Waals surface area contributed by atoms with Crippen molar-refractivity contribution in [3.8, 4) is 11.4 Å². The number of nitrogens with one attached hydrogen (secondary N) is 2. The van der Waals surface area contributed by atoms with Crippen molar-refractivity contribution < 1.29 is 0 Å². The highest BCUT2D eigenvalue weighted by Crippen LogP contribution is 2.32. The van der Waals surface area contributed by atoms with Crippen molar-refractivity contribution >= 4 is 40.7 Å². The Balaban J connectivity index is 2.00. The number of halogens is 2. The smallest absolute Gasteiger partial charge is 0.225 e. The first-order chi connectivity index (χ1) is 11.7. The van der Waals surface area contributed by atoms with Crippen molar-refractivity contribution in [2.45, 2.75) is 6.92 Å². The Kier molecular flexibility index (Phi) is 5.13. The number of hydrogen-bond acceptors (Lipinski definition) is 5. The average molecular weight is 360 g/mol. The fourth-order valence-corrected chi connectivity index (χ4v) is 2.48. The van der Waals surface area contributed by atoms with E-state index in [0.29, 0.717) is 39.7 Å². The summed E-state index contributed by atoms with van der Waals surface area (Å²) in [7, 11) is 0. The monoisotopic (exact) mass is 359 g/mol. The Morgan fingerprint density at radius 1 is 1.00 bits per heavy atom. The van der Waals surface area contributed by atoms with Crippen LogP contribution in [0, 0.1) is 0 Å². The molecule has 2 heterocycles. The van der Waals surface area contributed by atoms with E-state index in [1.165, 1.54) is 0 Å². The lowest BCUT2D eigenvalue weighted by molar-refractivity contribution is 1.08. The van der Waals surface area contributed by atoms with Gasteiger partial charge in [-0.15, -0.1) is 0 Å². The highest BCUT2D eigenvalue weighted by atomic mass is 35.5. The van der Waals surface area contributed by atoms with Crippen LogP contribution in [-0.2, 0) is 0 Å². The molecule has 0 saturated carbocycles. The van der Waals surface area contributed by atoms with Crippen LogP contribution >= 0.6 is 23.2 Å². The average Bonchev–Trinajstić information content (AvgIpc) is 2.60. The molecule has 24 heavy (non-hydrogen) atoms. The third-order valence-electron chi connectivity index (χ3n) is 3.20. The van der Waals surface area contributed by atoms with Gasteiger partial charge in [0, 0.05) is 18.8 Å². The maximum absolute atomic E-state index is 6.24. The second kappa shape index (κ2) is 7.47. The highest BCUT2D eigenvalue weighted by Gasteiger charge is 2.10. The summed E-state index contributed by atoms with van der Waals surface area (Å²) in [5, 5.41) is 7.23. The number of rotatable bonds is 5. The van der Waals surface area contributed by atoms with Crippen LogP contribution in [-0.4, -0.2) is 21.5 Å². The molecule has 7 heteroatoms. The Labute approximate surface area is 150 Å². The molecule has 122 valence electrons. The van der Waals surface area contributed by atoms with Gasteiger partial charge in [-0.25, -0.2) is 4.98 Å². The van der Waals surface area contributed by atoms with Gasteiger partial charge < -0.3 is 10.6 Å². The lowest BCUT2D eigenvalue weighted by atomic mass is 10.2. The SMILES string of the molecule is CCNc1nc(Nc2cccc(Cl)c2Cl)cc(-c2ccccn2)n1. The van der Waals surface area contributed by atoms with Gasteiger partial charge in [0.15, 0.2) is 0 Å². The van der Waals surface area contributed by atoms with Gasteiger partial charge in [0.2, 0.25) is 5.95 Å². The number of pyridine rings is 1. The number of anilines is 3. The molecule has 0 spiro atoms. The highest BCUT2D eigenvalue weighted by molar-refractivity contribution is 6.43. The maximum atomic E-state index is 6.24. The van der Waals surface area contributed by atoms with Gasteiger partial charge >= 0.3 is 0 Å². The minimum Gasteiger partial charge on any atom is -0.354 e. The molecular formula is C17H15Cl2N5. The Morgan fingerprint density at radius 3 is 2.62 bits per heavy atom. The zero-order chi connectivity index (χ0) is 16.9. The van der Waals surface area contributed by atoms with Crippen LogP contribution in [0.1, 0.15) is 6.92 Å². The summed E-state index contributed by atoms with van der Waals surface area (Å²) in [4.78, 5) is 13.3. The summed E-state index contributed by atoms with van der Waals surface area (Å²) < 4.78 is 0. The van der Waals surface area contributed by atoms with Gasteiger partial charge in [-0.2, -0.15) is 4.98 Å². The molecule has 1 aromatic carbocycles. The van der Waals surface area contributed by atoms with Gasteiger partial charge in [-0.3, -0.25) is 4.98 Å². The Hall–Kier alpha value is -2.37. The predicted octanol–water partition coefficient (Wildman–Crippen LogP) is 5.02. The first kappa shape index (κ1) is 16.5. The minimum absolute atomic E-state index is 0.446. The van der Waals surface area contributed by atoms with Crippen LogP contribution in [0.3, 0.4) is 0 Å². The summed E-state index contributed by atoms with van der Waals surface area (Å²) in [6.45, 7) is 2.70. The van der Waals surface area contributed by atoms with E-state index < -0.39 is 0 Å². The zero-order valence-corrected chi connectivity index (χ0v) is 14.4. The van der Waals surface area contributed by atoms with E-state index in [-0.39, 0.29) is 0 Å². The number of hydrogen-bond donors (Lipinski definition) is 2. The molecule has 0 radical (unpaired) electrons. The van der Waals surface area contributed by atoms with Crippen LogP contribution in [0.5, 0.6) is 0 Å². The molecule has 3 aromatic rings. The zero-order valence-electron chi connectivity index (χ0n) is 12.9. The minimum atomic E-state index is 0.446. The van der Waals surface area contributed by atoms with Crippen molar-refractivity contribution in [3.63, 3.8) is 0 Å². The normalized spacial score (nSPS) is 10.5. The van der Waals surface area contributed by atoms with Gasteiger partial charge in [-0.1, -0.05) is 35.3 Å². The third kappa shape index (κ3) is 3.75. The summed E-state index contributed by atoms with van der Waals surface area (Å²) in [5.41, 5.74) is 2.15. The first-order valence-corrected chi connectivity index (χ1v) is 8.18. The number of nitrogens with zero attached hydrogens (tertiary/aromatic N) is 3. The fraction of sp³-hybridized carbons (Fsp3) is 0.118. The Bertz CT molecular complexity index is 840.